The second kappa shape index (κ2) is 10.7. The fourth-order valence-electron chi connectivity index (χ4n) is 2.94. The average molecular weight is 269 g/mol. The normalized spacial score (nSPS) is 14.1. The highest BCUT2D eigenvalue weighted by atomic mass is 14.2. The van der Waals surface area contributed by atoms with Gasteiger partial charge < -0.3 is 0 Å². The van der Waals surface area contributed by atoms with Crippen molar-refractivity contribution in [2.24, 2.45) is 17.3 Å². The maximum Gasteiger partial charge on any atom is -0.0354 e. The molecule has 19 heavy (non-hydrogen) atoms. The monoisotopic (exact) mass is 268 g/mol. The topological polar surface area (TPSA) is 0 Å². The van der Waals surface area contributed by atoms with Crippen LogP contribution in [0, 0.1) is 17.3 Å². The molecular formula is C19H40. The zero-order valence-corrected chi connectivity index (χ0v) is 14.7. The molecule has 0 saturated carbocycles. The number of unbranched alkanes of at least 4 members (excludes halogenated alkanes) is 2. The van der Waals surface area contributed by atoms with E-state index < -0.39 is 0 Å². The molecule has 0 aliphatic carbocycles. The summed E-state index contributed by atoms with van der Waals surface area (Å²) in [4.78, 5) is 0. The Labute approximate surface area is 123 Å². The fourth-order valence-corrected chi connectivity index (χ4v) is 2.94. The average Bonchev–Trinajstić information content (AvgIpc) is 2.33. The van der Waals surface area contributed by atoms with E-state index in [1.54, 1.807) is 0 Å². The molecule has 0 heterocycles. The van der Waals surface area contributed by atoms with Crippen LogP contribution in [0.4, 0.5) is 0 Å². The lowest BCUT2D eigenvalue weighted by Crippen LogP contribution is -2.14. The number of hydrogen-bond donors (Lipinski definition) is 0. The molecule has 0 aliphatic heterocycles. The highest BCUT2D eigenvalue weighted by Crippen LogP contribution is 2.33. The van der Waals surface area contributed by atoms with E-state index in [-0.39, 0.29) is 0 Å². The van der Waals surface area contributed by atoms with Crippen LogP contribution in [-0.2, 0) is 0 Å². The Bertz CT molecular complexity index is 190. The van der Waals surface area contributed by atoms with Crippen LogP contribution in [0.2, 0.25) is 0 Å². The van der Waals surface area contributed by atoms with Gasteiger partial charge in [-0.15, -0.1) is 0 Å². The molecule has 0 fully saturated rings. The molecule has 0 bridgehead atoms. The first kappa shape index (κ1) is 19.0. The Kier molecular flexibility index (Phi) is 10.7. The highest BCUT2D eigenvalue weighted by molar-refractivity contribution is 4.71. The van der Waals surface area contributed by atoms with Crippen molar-refractivity contribution in [3.63, 3.8) is 0 Å². The smallest absolute Gasteiger partial charge is 0.0354 e. The summed E-state index contributed by atoms with van der Waals surface area (Å²) in [5.74, 6) is 1.85. The van der Waals surface area contributed by atoms with E-state index in [1.165, 1.54) is 64.2 Å². The van der Waals surface area contributed by atoms with Crippen molar-refractivity contribution in [1.82, 2.24) is 0 Å². The SMILES string of the molecule is CCCCCC(CC)CCC(C)(C)CCCC(C)C. The molecule has 0 spiro atoms. The lowest BCUT2D eigenvalue weighted by Gasteiger charge is -2.27. The molecule has 0 rings (SSSR count). The Balaban J connectivity index is 3.84. The van der Waals surface area contributed by atoms with Crippen LogP contribution in [0.5, 0.6) is 0 Å². The maximum atomic E-state index is 2.48. The molecule has 1 unspecified atom stereocenters. The van der Waals surface area contributed by atoms with Crippen LogP contribution in [0.1, 0.15) is 106 Å². The van der Waals surface area contributed by atoms with Gasteiger partial charge in [0, 0.05) is 0 Å². The summed E-state index contributed by atoms with van der Waals surface area (Å²) in [6.45, 7) is 14.3. The number of rotatable bonds is 12. The first-order valence-corrected chi connectivity index (χ1v) is 8.91. The third-order valence-electron chi connectivity index (χ3n) is 4.66. The minimum Gasteiger partial charge on any atom is -0.0654 e. The first-order chi connectivity index (χ1) is 8.91. The minimum atomic E-state index is 0.563. The van der Waals surface area contributed by atoms with Crippen molar-refractivity contribution in [2.75, 3.05) is 0 Å². The molecule has 1 atom stereocenters. The van der Waals surface area contributed by atoms with Gasteiger partial charge in [-0.05, 0) is 36.5 Å². The summed E-state index contributed by atoms with van der Waals surface area (Å²) in [5.41, 5.74) is 0.563. The zero-order valence-electron chi connectivity index (χ0n) is 14.7. The number of hydrogen-bond acceptors (Lipinski definition) is 0. The Morgan fingerprint density at radius 1 is 0.789 bits per heavy atom. The summed E-state index contributed by atoms with van der Waals surface area (Å²) in [6, 6.07) is 0. The standard InChI is InChI=1S/C19H40/c1-7-9-10-13-18(8-2)14-16-19(5,6)15-11-12-17(3)4/h17-18H,7-16H2,1-6H3. The molecule has 116 valence electrons. The quantitative estimate of drug-likeness (QED) is 0.328. The molecule has 0 aromatic carbocycles. The van der Waals surface area contributed by atoms with Crippen molar-refractivity contribution in [1.29, 1.82) is 0 Å². The maximum absolute atomic E-state index is 2.48. The lowest BCUT2D eigenvalue weighted by atomic mass is 9.79. The third-order valence-corrected chi connectivity index (χ3v) is 4.66. The van der Waals surface area contributed by atoms with Crippen LogP contribution in [0.15, 0.2) is 0 Å². The van der Waals surface area contributed by atoms with Gasteiger partial charge in [-0.25, -0.2) is 0 Å². The van der Waals surface area contributed by atoms with Crippen LogP contribution >= 0.6 is 0 Å². The van der Waals surface area contributed by atoms with Crippen molar-refractivity contribution < 1.29 is 0 Å². The van der Waals surface area contributed by atoms with E-state index in [4.69, 9.17) is 0 Å². The van der Waals surface area contributed by atoms with Crippen molar-refractivity contribution >= 4 is 0 Å². The lowest BCUT2D eigenvalue weighted by molar-refractivity contribution is 0.251. The van der Waals surface area contributed by atoms with Gasteiger partial charge >= 0.3 is 0 Å². The van der Waals surface area contributed by atoms with Crippen LogP contribution in [-0.4, -0.2) is 0 Å². The van der Waals surface area contributed by atoms with Gasteiger partial charge in [-0.3, -0.25) is 0 Å². The third kappa shape index (κ3) is 11.5. The van der Waals surface area contributed by atoms with Gasteiger partial charge in [0.05, 0.1) is 0 Å². The largest absolute Gasteiger partial charge is 0.0654 e. The molecule has 0 amide bonds. The second-order valence-electron chi connectivity index (χ2n) is 7.76. The molecule has 0 aliphatic rings. The molecule has 0 aromatic heterocycles. The summed E-state index contributed by atoms with van der Waals surface area (Å²) in [5, 5.41) is 0. The van der Waals surface area contributed by atoms with Gasteiger partial charge in [-0.1, -0.05) is 86.5 Å². The van der Waals surface area contributed by atoms with Crippen LogP contribution in [0.25, 0.3) is 0 Å². The molecular weight excluding hydrogens is 228 g/mol. The highest BCUT2D eigenvalue weighted by Gasteiger charge is 2.19. The summed E-state index contributed by atoms with van der Waals surface area (Å²) in [7, 11) is 0. The second-order valence-corrected chi connectivity index (χ2v) is 7.76. The van der Waals surface area contributed by atoms with E-state index in [1.807, 2.05) is 0 Å². The van der Waals surface area contributed by atoms with Gasteiger partial charge in [0.2, 0.25) is 0 Å². The van der Waals surface area contributed by atoms with Crippen LogP contribution < -0.4 is 0 Å². The fraction of sp³-hybridized carbons (Fsp3) is 1.00. The Hall–Kier alpha value is 0. The first-order valence-electron chi connectivity index (χ1n) is 8.91. The van der Waals surface area contributed by atoms with E-state index >= 15 is 0 Å². The van der Waals surface area contributed by atoms with E-state index in [9.17, 15) is 0 Å². The predicted octanol–water partition coefficient (Wildman–Crippen LogP) is 7.23. The Morgan fingerprint density at radius 3 is 2.00 bits per heavy atom. The van der Waals surface area contributed by atoms with E-state index in [2.05, 4.69) is 41.5 Å². The minimum absolute atomic E-state index is 0.563. The summed E-state index contributed by atoms with van der Waals surface area (Å²) >= 11 is 0. The van der Waals surface area contributed by atoms with Gasteiger partial charge in [0.1, 0.15) is 0 Å². The molecule has 0 heteroatoms. The molecule has 0 nitrogen and oxygen atoms in total. The zero-order chi connectivity index (χ0) is 14.7. The molecule has 0 aromatic rings. The van der Waals surface area contributed by atoms with E-state index in [0.717, 1.165) is 11.8 Å². The summed E-state index contributed by atoms with van der Waals surface area (Å²) < 4.78 is 0. The van der Waals surface area contributed by atoms with Crippen LogP contribution in [0.3, 0.4) is 0 Å². The summed E-state index contributed by atoms with van der Waals surface area (Å²) in [6.07, 6.45) is 14.2. The molecule has 0 saturated heterocycles. The molecule has 0 N–H and O–H groups in total. The van der Waals surface area contributed by atoms with Gasteiger partial charge in [0.25, 0.3) is 0 Å². The van der Waals surface area contributed by atoms with Crippen molar-refractivity contribution in [3.8, 4) is 0 Å². The van der Waals surface area contributed by atoms with Gasteiger partial charge in [-0.2, -0.15) is 0 Å². The van der Waals surface area contributed by atoms with E-state index in [0.29, 0.717) is 5.41 Å². The Morgan fingerprint density at radius 2 is 1.47 bits per heavy atom. The van der Waals surface area contributed by atoms with Crippen molar-refractivity contribution in [3.05, 3.63) is 0 Å². The van der Waals surface area contributed by atoms with Gasteiger partial charge in [0.15, 0.2) is 0 Å². The molecule has 0 radical (unpaired) electrons. The van der Waals surface area contributed by atoms with Crippen molar-refractivity contribution in [2.45, 2.75) is 106 Å². The predicted molar refractivity (Wildman–Crippen MR) is 89.6 cm³/mol.